The lowest BCUT2D eigenvalue weighted by atomic mass is 9.91. The van der Waals surface area contributed by atoms with E-state index in [4.69, 9.17) is 0 Å². The van der Waals surface area contributed by atoms with Crippen LogP contribution in [-0.2, 0) is 11.3 Å². The predicted molar refractivity (Wildman–Crippen MR) is 88.4 cm³/mol. The van der Waals surface area contributed by atoms with Crippen molar-refractivity contribution < 1.29 is 19.9 Å². The Kier molecular flexibility index (Phi) is 5.69. The number of likely N-dealkylation sites (tertiary alicyclic amines) is 1. The monoisotopic (exact) mass is 319 g/mol. The van der Waals surface area contributed by atoms with E-state index in [-0.39, 0.29) is 17.8 Å². The number of rotatable bonds is 5. The average Bonchev–Trinajstić information content (AvgIpc) is 2.48. The lowest BCUT2D eigenvalue weighted by Crippen LogP contribution is -3.11. The fourth-order valence-electron chi connectivity index (χ4n) is 3.45. The first-order chi connectivity index (χ1) is 10.8. The fourth-order valence-corrected chi connectivity index (χ4v) is 3.45. The van der Waals surface area contributed by atoms with Crippen molar-refractivity contribution in [2.24, 2.45) is 5.92 Å². The number of aliphatic carboxylic acids is 1. The fraction of sp³-hybridized carbons (Fsp3) is 0.632. The molecule has 1 saturated heterocycles. The van der Waals surface area contributed by atoms with Gasteiger partial charge in [0.15, 0.2) is 0 Å². The Balaban J connectivity index is 2.15. The van der Waals surface area contributed by atoms with E-state index >= 15 is 0 Å². The van der Waals surface area contributed by atoms with Crippen LogP contribution in [0.4, 0.5) is 0 Å². The van der Waals surface area contributed by atoms with Crippen molar-refractivity contribution in [1.82, 2.24) is 0 Å². The summed E-state index contributed by atoms with van der Waals surface area (Å²) in [6, 6.07) is 4.23. The number of aromatic hydroxyl groups is 1. The molecule has 0 bridgehead atoms. The van der Waals surface area contributed by atoms with Gasteiger partial charge < -0.3 is 19.9 Å². The lowest BCUT2D eigenvalue weighted by molar-refractivity contribution is -0.919. The van der Waals surface area contributed by atoms with Crippen molar-refractivity contribution in [2.75, 3.05) is 13.1 Å². The molecule has 0 saturated carbocycles. The summed E-state index contributed by atoms with van der Waals surface area (Å²) in [6.07, 6.45) is 1.40. The molecule has 1 aromatic rings. The Labute approximate surface area is 139 Å². The van der Waals surface area contributed by atoms with Gasteiger partial charge in [-0.15, -0.1) is 0 Å². The van der Waals surface area contributed by atoms with Gasteiger partial charge in [-0.3, -0.25) is 0 Å². The highest BCUT2D eigenvalue weighted by Crippen LogP contribution is 2.34. The molecule has 4 nitrogen and oxygen atoms in total. The number of benzene rings is 1. The number of phenolic OH excluding ortho intramolecular Hbond substituents is 1. The molecule has 0 aliphatic carbocycles. The highest BCUT2D eigenvalue weighted by atomic mass is 16.4. The van der Waals surface area contributed by atoms with Crippen LogP contribution in [0.5, 0.6) is 5.75 Å². The number of hydrogen-bond donors (Lipinski definition) is 2. The second-order valence-corrected chi connectivity index (χ2v) is 7.45. The van der Waals surface area contributed by atoms with Crippen molar-refractivity contribution >= 4 is 5.97 Å². The molecule has 0 amide bonds. The molecule has 2 N–H and O–H groups in total. The number of carbonyl (C=O) groups is 1. The van der Waals surface area contributed by atoms with Crippen LogP contribution in [-0.4, -0.2) is 24.2 Å². The van der Waals surface area contributed by atoms with E-state index in [2.05, 4.69) is 39.8 Å². The van der Waals surface area contributed by atoms with E-state index in [1.54, 1.807) is 0 Å². The number of carboxylic acids is 1. The van der Waals surface area contributed by atoms with E-state index < -0.39 is 5.97 Å². The van der Waals surface area contributed by atoms with Crippen molar-refractivity contribution in [3.05, 3.63) is 28.8 Å². The molecule has 0 spiro atoms. The molecule has 0 atom stereocenters. The summed E-state index contributed by atoms with van der Waals surface area (Å²) < 4.78 is 0. The van der Waals surface area contributed by atoms with Crippen molar-refractivity contribution in [1.29, 1.82) is 0 Å². The summed E-state index contributed by atoms with van der Waals surface area (Å²) in [7, 11) is 0. The van der Waals surface area contributed by atoms with Gasteiger partial charge in [0.25, 0.3) is 0 Å². The van der Waals surface area contributed by atoms with Crippen LogP contribution >= 0.6 is 0 Å². The van der Waals surface area contributed by atoms with Crippen molar-refractivity contribution in [3.63, 3.8) is 0 Å². The Morgan fingerprint density at radius 1 is 1.17 bits per heavy atom. The first-order valence-corrected chi connectivity index (χ1v) is 8.69. The number of hydrogen-bond acceptors (Lipinski definition) is 3. The van der Waals surface area contributed by atoms with E-state index in [0.29, 0.717) is 18.6 Å². The number of piperidine rings is 1. The number of phenols is 1. The van der Waals surface area contributed by atoms with E-state index in [0.717, 1.165) is 30.8 Å². The third-order valence-corrected chi connectivity index (χ3v) is 4.95. The van der Waals surface area contributed by atoms with Crippen LogP contribution in [0.1, 0.15) is 69.1 Å². The summed E-state index contributed by atoms with van der Waals surface area (Å²) in [5.74, 6) is -0.184. The van der Waals surface area contributed by atoms with Crippen molar-refractivity contribution in [2.45, 2.75) is 58.9 Å². The smallest absolute Gasteiger partial charge is 0.122 e. The molecule has 1 fully saturated rings. The zero-order valence-corrected chi connectivity index (χ0v) is 14.7. The highest BCUT2D eigenvalue weighted by Gasteiger charge is 2.24. The minimum absolute atomic E-state index is 0.281. The third-order valence-electron chi connectivity index (χ3n) is 4.95. The van der Waals surface area contributed by atoms with E-state index in [1.165, 1.54) is 10.5 Å². The Morgan fingerprint density at radius 3 is 2.04 bits per heavy atom. The first kappa shape index (κ1) is 17.8. The normalized spacial score (nSPS) is 21.8. The van der Waals surface area contributed by atoms with Gasteiger partial charge in [0.1, 0.15) is 12.3 Å². The predicted octanol–water partition coefficient (Wildman–Crippen LogP) is 1.18. The molecule has 1 aliphatic rings. The molecule has 128 valence electrons. The molecular weight excluding hydrogens is 290 g/mol. The number of nitrogens with one attached hydrogen (secondary N) is 1. The summed E-state index contributed by atoms with van der Waals surface area (Å²) in [5.41, 5.74) is 3.25. The summed E-state index contributed by atoms with van der Waals surface area (Å²) >= 11 is 0. The Morgan fingerprint density at radius 2 is 1.65 bits per heavy atom. The molecule has 1 heterocycles. The molecule has 0 aromatic heterocycles. The molecule has 1 aliphatic heterocycles. The SMILES string of the molecule is CC(C)c1cc(C[NH+]2CCC(C(=O)[O-])CC2)cc(C(C)C)c1O. The third kappa shape index (κ3) is 4.25. The lowest BCUT2D eigenvalue weighted by Gasteiger charge is -2.30. The average molecular weight is 319 g/mol. The van der Waals surface area contributed by atoms with Crippen LogP contribution in [0, 0.1) is 5.92 Å². The first-order valence-electron chi connectivity index (χ1n) is 8.69. The van der Waals surface area contributed by atoms with Gasteiger partial charge in [-0.05, 0) is 35.1 Å². The summed E-state index contributed by atoms with van der Waals surface area (Å²) in [6.45, 7) is 11.0. The summed E-state index contributed by atoms with van der Waals surface area (Å²) in [5, 5.41) is 21.4. The zero-order valence-electron chi connectivity index (χ0n) is 14.7. The molecule has 0 radical (unpaired) electrons. The Bertz CT molecular complexity index is 529. The number of carboxylic acid groups (broad SMARTS) is 1. The number of carbonyl (C=O) groups excluding carboxylic acids is 1. The minimum atomic E-state index is -0.905. The molecule has 1 aromatic carbocycles. The highest BCUT2D eigenvalue weighted by molar-refractivity contribution is 5.67. The maximum absolute atomic E-state index is 10.9. The van der Waals surface area contributed by atoms with Crippen LogP contribution in [0.2, 0.25) is 0 Å². The maximum Gasteiger partial charge on any atom is 0.122 e. The van der Waals surface area contributed by atoms with Gasteiger partial charge in [-0.1, -0.05) is 27.7 Å². The quantitative estimate of drug-likeness (QED) is 0.857. The number of quaternary nitrogens is 1. The van der Waals surface area contributed by atoms with Crippen molar-refractivity contribution in [3.8, 4) is 5.75 Å². The van der Waals surface area contributed by atoms with Gasteiger partial charge in [0.2, 0.25) is 0 Å². The van der Waals surface area contributed by atoms with E-state index in [1.807, 2.05) is 0 Å². The minimum Gasteiger partial charge on any atom is -0.550 e. The Hall–Kier alpha value is -1.55. The molecular formula is C19H29NO3. The molecule has 2 rings (SSSR count). The largest absolute Gasteiger partial charge is 0.550 e. The van der Waals surface area contributed by atoms with Crippen LogP contribution in [0.15, 0.2) is 12.1 Å². The standard InChI is InChI=1S/C19H29NO3/c1-12(2)16-9-14(10-17(13(3)4)18(16)21)11-20-7-5-15(6-8-20)19(22)23/h9-10,12-13,15,21H,5-8,11H2,1-4H3,(H,22,23). The van der Waals surface area contributed by atoms with Gasteiger partial charge in [0.05, 0.1) is 13.1 Å². The van der Waals surface area contributed by atoms with E-state index in [9.17, 15) is 15.0 Å². The van der Waals surface area contributed by atoms with Crippen LogP contribution in [0.3, 0.4) is 0 Å². The molecule has 0 unspecified atom stereocenters. The molecule has 23 heavy (non-hydrogen) atoms. The zero-order chi connectivity index (χ0) is 17.1. The second kappa shape index (κ2) is 7.35. The van der Waals surface area contributed by atoms with Gasteiger partial charge in [-0.25, -0.2) is 0 Å². The van der Waals surface area contributed by atoms with Gasteiger partial charge >= 0.3 is 0 Å². The van der Waals surface area contributed by atoms with Gasteiger partial charge in [-0.2, -0.15) is 0 Å². The molecule has 4 heteroatoms. The maximum atomic E-state index is 10.9. The second-order valence-electron chi connectivity index (χ2n) is 7.45. The van der Waals surface area contributed by atoms with Crippen LogP contribution < -0.4 is 10.0 Å². The van der Waals surface area contributed by atoms with Gasteiger partial charge in [0, 0.05) is 30.3 Å². The topological polar surface area (TPSA) is 64.8 Å². The summed E-state index contributed by atoms with van der Waals surface area (Å²) in [4.78, 5) is 12.4. The van der Waals surface area contributed by atoms with Crippen LogP contribution in [0.25, 0.3) is 0 Å².